The van der Waals surface area contributed by atoms with Gasteiger partial charge in [0.15, 0.2) is 0 Å². The number of rotatable bonds is 7. The molecule has 0 aromatic rings. The Labute approximate surface area is 106 Å². The fraction of sp³-hybridized carbons (Fsp3) is 0.818. The van der Waals surface area contributed by atoms with E-state index in [-0.39, 0.29) is 6.61 Å². The Kier molecular flexibility index (Phi) is 7.49. The molecule has 0 unspecified atom stereocenters. The van der Waals surface area contributed by atoms with Gasteiger partial charge in [-0.1, -0.05) is 0 Å². The Morgan fingerprint density at radius 2 is 1.67 bits per heavy atom. The number of carbonyl (C=O) groups is 2. The van der Waals surface area contributed by atoms with Crippen LogP contribution in [0.5, 0.6) is 0 Å². The van der Waals surface area contributed by atoms with E-state index in [1.807, 2.05) is 0 Å². The molecule has 0 saturated carbocycles. The number of aliphatic hydroxyl groups excluding tert-OH is 2. The second kappa shape index (κ2) is 8.02. The molecule has 2 N–H and O–H groups in total. The second-order valence-electron chi connectivity index (χ2n) is 3.87. The van der Waals surface area contributed by atoms with E-state index in [1.54, 1.807) is 0 Å². The lowest BCUT2D eigenvalue weighted by Gasteiger charge is -2.28. The van der Waals surface area contributed by atoms with E-state index in [0.717, 1.165) is 0 Å². The molecular formula is C11H20O7. The summed E-state index contributed by atoms with van der Waals surface area (Å²) in [6, 6.07) is 0. The van der Waals surface area contributed by atoms with Crippen LogP contribution in [0.3, 0.4) is 0 Å². The van der Waals surface area contributed by atoms with E-state index >= 15 is 0 Å². The maximum atomic E-state index is 10.7. The minimum Gasteiger partial charge on any atom is -0.463 e. The van der Waals surface area contributed by atoms with Crippen molar-refractivity contribution in [1.29, 1.82) is 0 Å². The van der Waals surface area contributed by atoms with Gasteiger partial charge >= 0.3 is 11.9 Å². The molecule has 0 bridgehead atoms. The molecule has 0 aliphatic heterocycles. The Bertz CT molecular complexity index is 277. The third-order valence-electron chi connectivity index (χ3n) is 2.32. The number of carbonyl (C=O) groups excluding carboxylic acids is 2. The lowest BCUT2D eigenvalue weighted by atomic mass is 10.0. The highest BCUT2D eigenvalue weighted by molar-refractivity contribution is 5.66. The summed E-state index contributed by atoms with van der Waals surface area (Å²) in [5.41, 5.74) is 0. The molecule has 0 fully saturated rings. The van der Waals surface area contributed by atoms with Crippen LogP contribution in [-0.4, -0.2) is 60.3 Å². The molecule has 4 atom stereocenters. The molecule has 0 aliphatic carbocycles. The maximum absolute atomic E-state index is 10.7. The minimum atomic E-state index is -1.34. The first-order valence-electron chi connectivity index (χ1n) is 5.49. The molecule has 0 rings (SSSR count). The van der Waals surface area contributed by atoms with Gasteiger partial charge in [0, 0.05) is 21.0 Å². The summed E-state index contributed by atoms with van der Waals surface area (Å²) >= 11 is 0. The van der Waals surface area contributed by atoms with E-state index < -0.39 is 36.4 Å². The largest absolute Gasteiger partial charge is 0.463 e. The highest BCUT2D eigenvalue weighted by atomic mass is 16.6. The summed E-state index contributed by atoms with van der Waals surface area (Å²) in [7, 11) is 1.31. The molecule has 0 amide bonds. The van der Waals surface area contributed by atoms with Crippen molar-refractivity contribution in [3.05, 3.63) is 0 Å². The summed E-state index contributed by atoms with van der Waals surface area (Å²) in [4.78, 5) is 21.4. The van der Waals surface area contributed by atoms with Crippen molar-refractivity contribution in [3.63, 3.8) is 0 Å². The quantitative estimate of drug-likeness (QED) is 0.582. The second-order valence-corrected chi connectivity index (χ2v) is 3.87. The van der Waals surface area contributed by atoms with Crippen LogP contribution in [0.1, 0.15) is 20.8 Å². The van der Waals surface area contributed by atoms with Gasteiger partial charge in [0.1, 0.15) is 31.0 Å². The number of methoxy groups -OCH3 is 1. The molecule has 0 spiro atoms. The van der Waals surface area contributed by atoms with E-state index in [1.165, 1.54) is 27.9 Å². The fourth-order valence-electron chi connectivity index (χ4n) is 1.33. The molecule has 0 aromatic heterocycles. The Balaban J connectivity index is 4.42. The minimum absolute atomic E-state index is 0.198. The van der Waals surface area contributed by atoms with Crippen LogP contribution in [0.2, 0.25) is 0 Å². The zero-order valence-electron chi connectivity index (χ0n) is 11.0. The first-order valence-corrected chi connectivity index (χ1v) is 5.49. The summed E-state index contributed by atoms with van der Waals surface area (Å²) in [6.07, 6.45) is -4.48. The van der Waals surface area contributed by atoms with Gasteiger partial charge in [-0.2, -0.15) is 0 Å². The molecular weight excluding hydrogens is 244 g/mol. The van der Waals surface area contributed by atoms with Gasteiger partial charge in [0.05, 0.1) is 0 Å². The normalized spacial score (nSPS) is 17.4. The maximum Gasteiger partial charge on any atom is 0.302 e. The highest BCUT2D eigenvalue weighted by Gasteiger charge is 2.32. The Morgan fingerprint density at radius 1 is 1.11 bits per heavy atom. The summed E-state index contributed by atoms with van der Waals surface area (Å²) < 4.78 is 14.3. The predicted octanol–water partition coefficient (Wildman–Crippen LogP) is -0.762. The van der Waals surface area contributed by atoms with Crippen LogP contribution >= 0.6 is 0 Å². The van der Waals surface area contributed by atoms with E-state index in [4.69, 9.17) is 9.47 Å². The predicted molar refractivity (Wildman–Crippen MR) is 60.7 cm³/mol. The first kappa shape index (κ1) is 16.8. The standard InChI is InChI=1S/C11H20O7/c1-6(18-8(3)13)10(14)11(15)9(16-4)5-17-7(2)12/h6,9-11,14-15H,5H2,1-4H3/t6-,9+,10+,11-/m1/s1. The van der Waals surface area contributed by atoms with Gasteiger partial charge < -0.3 is 24.4 Å². The van der Waals surface area contributed by atoms with Gasteiger partial charge in [-0.25, -0.2) is 0 Å². The van der Waals surface area contributed by atoms with Crippen LogP contribution < -0.4 is 0 Å². The van der Waals surface area contributed by atoms with Crippen molar-refractivity contribution >= 4 is 11.9 Å². The summed E-state index contributed by atoms with van der Waals surface area (Å²) in [6.45, 7) is 3.66. The smallest absolute Gasteiger partial charge is 0.302 e. The van der Waals surface area contributed by atoms with Gasteiger partial charge in [-0.15, -0.1) is 0 Å². The fourth-order valence-corrected chi connectivity index (χ4v) is 1.33. The number of hydrogen-bond donors (Lipinski definition) is 2. The van der Waals surface area contributed by atoms with E-state index in [9.17, 15) is 19.8 Å². The number of ether oxygens (including phenoxy) is 3. The van der Waals surface area contributed by atoms with Crippen LogP contribution in [-0.2, 0) is 23.8 Å². The van der Waals surface area contributed by atoms with Crippen molar-refractivity contribution < 1.29 is 34.0 Å². The van der Waals surface area contributed by atoms with Crippen LogP contribution in [0.25, 0.3) is 0 Å². The highest BCUT2D eigenvalue weighted by Crippen LogP contribution is 2.11. The van der Waals surface area contributed by atoms with Gasteiger partial charge in [-0.3, -0.25) is 9.59 Å². The van der Waals surface area contributed by atoms with E-state index in [0.29, 0.717) is 0 Å². The number of esters is 2. The monoisotopic (exact) mass is 264 g/mol. The van der Waals surface area contributed by atoms with Gasteiger partial charge in [0.25, 0.3) is 0 Å². The molecule has 7 nitrogen and oxygen atoms in total. The Morgan fingerprint density at radius 3 is 2.06 bits per heavy atom. The van der Waals surface area contributed by atoms with Gasteiger partial charge in [0.2, 0.25) is 0 Å². The third-order valence-corrected chi connectivity index (χ3v) is 2.32. The van der Waals surface area contributed by atoms with Crippen molar-refractivity contribution in [2.75, 3.05) is 13.7 Å². The van der Waals surface area contributed by atoms with Gasteiger partial charge in [-0.05, 0) is 6.92 Å². The molecule has 18 heavy (non-hydrogen) atoms. The van der Waals surface area contributed by atoms with Crippen LogP contribution in [0.4, 0.5) is 0 Å². The first-order chi connectivity index (χ1) is 8.29. The van der Waals surface area contributed by atoms with Crippen molar-refractivity contribution in [1.82, 2.24) is 0 Å². The van der Waals surface area contributed by atoms with Crippen LogP contribution in [0, 0.1) is 0 Å². The SMILES string of the molecule is CO[C@@H](COC(C)=O)[C@@H](O)[C@@H](O)[C@@H](C)OC(C)=O. The molecule has 0 aliphatic rings. The van der Waals surface area contributed by atoms with Crippen molar-refractivity contribution in [2.24, 2.45) is 0 Å². The average molecular weight is 264 g/mol. The van der Waals surface area contributed by atoms with E-state index in [2.05, 4.69) is 4.74 Å². The molecule has 106 valence electrons. The van der Waals surface area contributed by atoms with Crippen molar-refractivity contribution in [3.8, 4) is 0 Å². The third kappa shape index (κ3) is 5.95. The molecule has 0 aromatic carbocycles. The lowest BCUT2D eigenvalue weighted by molar-refractivity contribution is -0.167. The summed E-state index contributed by atoms with van der Waals surface area (Å²) in [5, 5.41) is 19.6. The van der Waals surface area contributed by atoms with Crippen LogP contribution in [0.15, 0.2) is 0 Å². The molecule has 7 heteroatoms. The lowest BCUT2D eigenvalue weighted by Crippen LogP contribution is -2.47. The van der Waals surface area contributed by atoms with Crippen molar-refractivity contribution in [2.45, 2.75) is 45.2 Å². The summed E-state index contributed by atoms with van der Waals surface area (Å²) in [5.74, 6) is -1.09. The molecule has 0 saturated heterocycles. The molecule has 0 radical (unpaired) electrons. The zero-order chi connectivity index (χ0) is 14.3. The Hall–Kier alpha value is -1.18. The topological polar surface area (TPSA) is 102 Å². The zero-order valence-corrected chi connectivity index (χ0v) is 11.0. The molecule has 0 heterocycles. The number of aliphatic hydroxyl groups is 2. The average Bonchev–Trinajstić information content (AvgIpc) is 2.27. The number of hydrogen-bond acceptors (Lipinski definition) is 7.